The first kappa shape index (κ1) is 11.2. The number of rotatable bonds is 4. The summed E-state index contributed by atoms with van der Waals surface area (Å²) in [5.74, 6) is 0.749. The molecule has 1 aromatic rings. The first-order valence-corrected chi connectivity index (χ1v) is 5.65. The number of thioether (sulfide) groups is 1. The summed E-state index contributed by atoms with van der Waals surface area (Å²) in [4.78, 5) is 1.21. The van der Waals surface area contributed by atoms with Gasteiger partial charge < -0.3 is 10.5 Å². The van der Waals surface area contributed by atoms with Crippen LogP contribution in [0.3, 0.4) is 0 Å². The maximum absolute atomic E-state index is 5.81. The van der Waals surface area contributed by atoms with Gasteiger partial charge >= 0.3 is 0 Å². The number of benzene rings is 1. The van der Waals surface area contributed by atoms with Crippen LogP contribution in [0.15, 0.2) is 23.1 Å². The van der Waals surface area contributed by atoms with Crippen molar-refractivity contribution in [2.45, 2.75) is 30.4 Å². The highest BCUT2D eigenvalue weighted by Gasteiger charge is 2.04. The van der Waals surface area contributed by atoms with Gasteiger partial charge in [-0.2, -0.15) is 0 Å². The lowest BCUT2D eigenvalue weighted by Gasteiger charge is -2.10. The summed E-state index contributed by atoms with van der Waals surface area (Å²) in [6, 6.07) is 5.93. The molecule has 2 N–H and O–H groups in total. The number of methoxy groups -OCH3 is 1. The maximum Gasteiger partial charge on any atom is 0.141 e. The van der Waals surface area contributed by atoms with Crippen molar-refractivity contribution in [1.29, 1.82) is 0 Å². The Kier molecular flexibility index (Phi) is 4.14. The fraction of sp³-hybridized carbons (Fsp3) is 0.455. The molecule has 2 nitrogen and oxygen atoms in total. The van der Waals surface area contributed by atoms with Crippen LogP contribution in [-0.4, -0.2) is 12.4 Å². The molecule has 0 saturated heterocycles. The van der Waals surface area contributed by atoms with Gasteiger partial charge in [0.2, 0.25) is 0 Å². The molecule has 1 atom stereocenters. The van der Waals surface area contributed by atoms with Crippen molar-refractivity contribution < 1.29 is 4.74 Å². The summed E-state index contributed by atoms with van der Waals surface area (Å²) in [7, 11) is 1.63. The molecular formula is C11H17NOS. The highest BCUT2D eigenvalue weighted by Crippen LogP contribution is 2.30. The molecule has 0 saturated carbocycles. The van der Waals surface area contributed by atoms with Crippen molar-refractivity contribution >= 4 is 17.4 Å². The second kappa shape index (κ2) is 5.15. The van der Waals surface area contributed by atoms with Gasteiger partial charge in [0.15, 0.2) is 0 Å². The first-order chi connectivity index (χ1) is 6.67. The summed E-state index contributed by atoms with van der Waals surface area (Å²) >= 11 is 1.84. The van der Waals surface area contributed by atoms with Gasteiger partial charge in [-0.15, -0.1) is 11.8 Å². The van der Waals surface area contributed by atoms with Crippen LogP contribution in [0.5, 0.6) is 5.75 Å². The first-order valence-electron chi connectivity index (χ1n) is 4.77. The highest BCUT2D eigenvalue weighted by molar-refractivity contribution is 7.99. The zero-order valence-electron chi connectivity index (χ0n) is 8.91. The Balaban J connectivity index is 2.76. The Morgan fingerprint density at radius 1 is 1.50 bits per heavy atom. The quantitative estimate of drug-likeness (QED) is 0.613. The highest BCUT2D eigenvalue weighted by atomic mass is 32.2. The smallest absolute Gasteiger partial charge is 0.141 e. The molecule has 0 heterocycles. The predicted octanol–water partition coefficient (Wildman–Crippen LogP) is 3.17. The summed E-state index contributed by atoms with van der Waals surface area (Å²) in [6.07, 6.45) is 1.16. The summed E-state index contributed by atoms with van der Waals surface area (Å²) in [6.45, 7) is 4.40. The maximum atomic E-state index is 5.81. The van der Waals surface area contributed by atoms with Crippen molar-refractivity contribution in [3.63, 3.8) is 0 Å². The fourth-order valence-corrected chi connectivity index (χ4v) is 2.07. The van der Waals surface area contributed by atoms with Gasteiger partial charge in [0, 0.05) is 10.1 Å². The van der Waals surface area contributed by atoms with Crippen LogP contribution >= 0.6 is 11.8 Å². The van der Waals surface area contributed by atoms with E-state index in [1.807, 2.05) is 30.0 Å². The predicted molar refractivity (Wildman–Crippen MR) is 63.0 cm³/mol. The van der Waals surface area contributed by atoms with Crippen molar-refractivity contribution in [3.8, 4) is 5.75 Å². The minimum atomic E-state index is 0.628. The summed E-state index contributed by atoms with van der Waals surface area (Å²) in [5, 5.41) is 0.628. The number of nitrogens with two attached hydrogens (primary N) is 1. The Labute approximate surface area is 89.8 Å². The van der Waals surface area contributed by atoms with Gasteiger partial charge in [-0.05, 0) is 24.6 Å². The lowest BCUT2D eigenvalue weighted by Crippen LogP contribution is -1.95. The second-order valence-corrected chi connectivity index (χ2v) is 4.75. The molecule has 0 aliphatic carbocycles. The van der Waals surface area contributed by atoms with E-state index in [1.54, 1.807) is 7.11 Å². The monoisotopic (exact) mass is 211 g/mol. The van der Waals surface area contributed by atoms with E-state index >= 15 is 0 Å². The van der Waals surface area contributed by atoms with Crippen LogP contribution in [0, 0.1) is 0 Å². The molecule has 1 aromatic carbocycles. The molecule has 0 fully saturated rings. The number of nitrogen functional groups attached to an aromatic ring is 1. The molecule has 3 heteroatoms. The number of hydrogen-bond donors (Lipinski definition) is 1. The zero-order chi connectivity index (χ0) is 10.6. The van der Waals surface area contributed by atoms with Crippen LogP contribution in [0.1, 0.15) is 20.3 Å². The Bertz CT molecular complexity index is 301. The molecule has 1 unspecified atom stereocenters. The van der Waals surface area contributed by atoms with Gasteiger partial charge in [-0.1, -0.05) is 13.8 Å². The molecule has 0 aliphatic heterocycles. The molecule has 0 aliphatic rings. The molecule has 0 bridgehead atoms. The third kappa shape index (κ3) is 2.84. The van der Waals surface area contributed by atoms with Gasteiger partial charge in [0.1, 0.15) is 5.75 Å². The van der Waals surface area contributed by atoms with Crippen molar-refractivity contribution in [3.05, 3.63) is 18.2 Å². The van der Waals surface area contributed by atoms with Crippen LogP contribution < -0.4 is 10.5 Å². The average Bonchev–Trinajstić information content (AvgIpc) is 2.18. The number of ether oxygens (including phenoxy) is 1. The SMILES string of the molecule is CCC(C)Sc1ccc(OC)c(N)c1. The van der Waals surface area contributed by atoms with E-state index in [4.69, 9.17) is 10.5 Å². The molecule has 0 radical (unpaired) electrons. The number of anilines is 1. The van der Waals surface area contributed by atoms with Gasteiger partial charge in [-0.3, -0.25) is 0 Å². The van der Waals surface area contributed by atoms with Crippen molar-refractivity contribution in [2.75, 3.05) is 12.8 Å². The van der Waals surface area contributed by atoms with E-state index in [0.717, 1.165) is 12.2 Å². The Morgan fingerprint density at radius 3 is 2.71 bits per heavy atom. The van der Waals surface area contributed by atoms with Crippen LogP contribution in [0.4, 0.5) is 5.69 Å². The van der Waals surface area contributed by atoms with Gasteiger partial charge in [-0.25, -0.2) is 0 Å². The molecular weight excluding hydrogens is 194 g/mol. The van der Waals surface area contributed by atoms with Gasteiger partial charge in [0.05, 0.1) is 12.8 Å². The zero-order valence-corrected chi connectivity index (χ0v) is 9.73. The van der Waals surface area contributed by atoms with E-state index in [-0.39, 0.29) is 0 Å². The molecule has 78 valence electrons. The second-order valence-electron chi connectivity index (χ2n) is 3.24. The van der Waals surface area contributed by atoms with E-state index in [2.05, 4.69) is 13.8 Å². The standard InChI is InChI=1S/C11H17NOS/c1-4-8(2)14-9-5-6-11(13-3)10(12)7-9/h5-8H,4,12H2,1-3H3. The number of hydrogen-bond acceptors (Lipinski definition) is 3. The van der Waals surface area contributed by atoms with Crippen molar-refractivity contribution in [2.24, 2.45) is 0 Å². The van der Waals surface area contributed by atoms with Crippen molar-refractivity contribution in [1.82, 2.24) is 0 Å². The lowest BCUT2D eigenvalue weighted by molar-refractivity contribution is 0.416. The van der Waals surface area contributed by atoms with E-state index in [0.29, 0.717) is 10.9 Å². The third-order valence-electron chi connectivity index (χ3n) is 2.11. The molecule has 1 rings (SSSR count). The third-order valence-corrected chi connectivity index (χ3v) is 3.38. The topological polar surface area (TPSA) is 35.2 Å². The Morgan fingerprint density at radius 2 is 2.21 bits per heavy atom. The van der Waals surface area contributed by atoms with E-state index in [1.165, 1.54) is 4.90 Å². The summed E-state index contributed by atoms with van der Waals surface area (Å²) in [5.41, 5.74) is 6.52. The van der Waals surface area contributed by atoms with Crippen LogP contribution in [-0.2, 0) is 0 Å². The van der Waals surface area contributed by atoms with Crippen LogP contribution in [0.2, 0.25) is 0 Å². The minimum absolute atomic E-state index is 0.628. The minimum Gasteiger partial charge on any atom is -0.495 e. The lowest BCUT2D eigenvalue weighted by atomic mass is 10.3. The summed E-state index contributed by atoms with van der Waals surface area (Å²) < 4.78 is 5.10. The van der Waals surface area contributed by atoms with Gasteiger partial charge in [0.25, 0.3) is 0 Å². The molecule has 0 aromatic heterocycles. The largest absolute Gasteiger partial charge is 0.495 e. The molecule has 0 amide bonds. The van der Waals surface area contributed by atoms with E-state index in [9.17, 15) is 0 Å². The normalized spacial score (nSPS) is 12.5. The molecule has 0 spiro atoms. The fourth-order valence-electron chi connectivity index (χ4n) is 1.10. The van der Waals surface area contributed by atoms with Crippen LogP contribution in [0.25, 0.3) is 0 Å². The molecule has 14 heavy (non-hydrogen) atoms. The van der Waals surface area contributed by atoms with E-state index < -0.39 is 0 Å². The average molecular weight is 211 g/mol. The Hall–Kier alpha value is -0.830.